The number of nitrogens with one attached hydrogen (secondary N) is 1. The van der Waals surface area contributed by atoms with Crippen molar-refractivity contribution in [1.29, 1.82) is 0 Å². The summed E-state index contributed by atoms with van der Waals surface area (Å²) in [5.74, 6) is -0.769. The highest BCUT2D eigenvalue weighted by Gasteiger charge is 2.33. The highest BCUT2D eigenvalue weighted by Crippen LogP contribution is 2.16. The number of carboxylic acid groups (broad SMARTS) is 1. The van der Waals surface area contributed by atoms with E-state index in [-0.39, 0.29) is 18.2 Å². The molecule has 0 aromatic rings. The van der Waals surface area contributed by atoms with E-state index in [2.05, 4.69) is 24.1 Å². The summed E-state index contributed by atoms with van der Waals surface area (Å²) in [7, 11) is 0. The van der Waals surface area contributed by atoms with Crippen LogP contribution >= 0.6 is 0 Å². The van der Waals surface area contributed by atoms with Crippen molar-refractivity contribution in [3.63, 3.8) is 0 Å². The second-order valence-electron chi connectivity index (χ2n) is 6.56. The van der Waals surface area contributed by atoms with Crippen molar-refractivity contribution in [3.05, 3.63) is 0 Å². The van der Waals surface area contributed by atoms with Gasteiger partial charge in [-0.15, -0.1) is 0 Å². The molecule has 0 radical (unpaired) electrons. The SMILES string of the molecule is CC(C)NC(C)(CCCN1CC(C)OC(C)C1)C(=O)O. The molecule has 1 aliphatic rings. The Morgan fingerprint density at radius 1 is 1.40 bits per heavy atom. The molecule has 0 aromatic carbocycles. The Balaban J connectivity index is 2.42. The third-order valence-electron chi connectivity index (χ3n) is 3.73. The number of carboxylic acids is 1. The predicted octanol–water partition coefficient (Wildman–Crippen LogP) is 1.72. The molecule has 2 N–H and O–H groups in total. The molecule has 5 heteroatoms. The van der Waals surface area contributed by atoms with Gasteiger partial charge in [0.1, 0.15) is 5.54 Å². The van der Waals surface area contributed by atoms with E-state index in [1.165, 1.54) is 0 Å². The zero-order valence-electron chi connectivity index (χ0n) is 13.5. The minimum absolute atomic E-state index is 0.166. The van der Waals surface area contributed by atoms with Gasteiger partial charge in [0, 0.05) is 19.1 Å². The maximum atomic E-state index is 11.4. The molecule has 0 saturated carbocycles. The fraction of sp³-hybridized carbons (Fsp3) is 0.933. The van der Waals surface area contributed by atoms with Crippen LogP contribution in [-0.2, 0) is 9.53 Å². The lowest BCUT2D eigenvalue weighted by Crippen LogP contribution is -2.53. The summed E-state index contributed by atoms with van der Waals surface area (Å²) in [6.45, 7) is 12.7. The Labute approximate surface area is 122 Å². The summed E-state index contributed by atoms with van der Waals surface area (Å²) in [6.07, 6.45) is 2.04. The molecule has 1 aliphatic heterocycles. The summed E-state index contributed by atoms with van der Waals surface area (Å²) in [5.41, 5.74) is -0.836. The molecule has 1 fully saturated rings. The second-order valence-corrected chi connectivity index (χ2v) is 6.56. The molecule has 3 unspecified atom stereocenters. The largest absolute Gasteiger partial charge is 0.480 e. The van der Waals surface area contributed by atoms with Crippen molar-refractivity contribution in [2.24, 2.45) is 0 Å². The fourth-order valence-electron chi connectivity index (χ4n) is 3.00. The third-order valence-corrected chi connectivity index (χ3v) is 3.73. The van der Waals surface area contributed by atoms with Gasteiger partial charge in [0.15, 0.2) is 0 Å². The molecule has 3 atom stereocenters. The molecular formula is C15H30N2O3. The van der Waals surface area contributed by atoms with Crippen LogP contribution in [0.1, 0.15) is 47.5 Å². The first-order chi connectivity index (χ1) is 9.23. The minimum Gasteiger partial charge on any atom is -0.480 e. The Kier molecular flexibility index (Phi) is 6.43. The number of hydrogen-bond donors (Lipinski definition) is 2. The van der Waals surface area contributed by atoms with Crippen LogP contribution in [0.15, 0.2) is 0 Å². The Morgan fingerprint density at radius 3 is 2.40 bits per heavy atom. The molecule has 1 heterocycles. The number of carbonyl (C=O) groups is 1. The first-order valence-corrected chi connectivity index (χ1v) is 7.62. The van der Waals surface area contributed by atoms with Crippen molar-refractivity contribution in [2.75, 3.05) is 19.6 Å². The molecule has 1 saturated heterocycles. The van der Waals surface area contributed by atoms with E-state index >= 15 is 0 Å². The van der Waals surface area contributed by atoms with E-state index < -0.39 is 11.5 Å². The number of nitrogens with zero attached hydrogens (tertiary/aromatic N) is 1. The van der Waals surface area contributed by atoms with Crippen LogP contribution in [0.4, 0.5) is 0 Å². The van der Waals surface area contributed by atoms with Crippen molar-refractivity contribution in [1.82, 2.24) is 10.2 Å². The average molecular weight is 286 g/mol. The summed E-state index contributed by atoms with van der Waals surface area (Å²) in [4.78, 5) is 13.8. The number of ether oxygens (including phenoxy) is 1. The van der Waals surface area contributed by atoms with Crippen molar-refractivity contribution >= 4 is 5.97 Å². The molecule has 0 spiro atoms. The Bertz CT molecular complexity index is 312. The van der Waals surface area contributed by atoms with Crippen LogP contribution in [0.3, 0.4) is 0 Å². The number of rotatable bonds is 7. The standard InChI is InChI=1S/C15H30N2O3/c1-11(2)16-15(5,14(18)19)7-6-8-17-9-12(3)20-13(4)10-17/h11-13,16H,6-10H2,1-5H3,(H,18,19). The van der Waals surface area contributed by atoms with Gasteiger partial charge in [-0.25, -0.2) is 0 Å². The zero-order chi connectivity index (χ0) is 15.3. The molecule has 0 bridgehead atoms. The van der Waals surface area contributed by atoms with Crippen molar-refractivity contribution in [2.45, 2.75) is 71.2 Å². The summed E-state index contributed by atoms with van der Waals surface area (Å²) >= 11 is 0. The molecule has 5 nitrogen and oxygen atoms in total. The van der Waals surface area contributed by atoms with Crippen molar-refractivity contribution in [3.8, 4) is 0 Å². The van der Waals surface area contributed by atoms with Gasteiger partial charge in [-0.3, -0.25) is 15.0 Å². The van der Waals surface area contributed by atoms with Gasteiger partial charge < -0.3 is 9.84 Å². The Morgan fingerprint density at radius 2 is 1.95 bits per heavy atom. The van der Waals surface area contributed by atoms with Crippen LogP contribution in [0.25, 0.3) is 0 Å². The Hall–Kier alpha value is -0.650. The number of aliphatic carboxylic acids is 1. The highest BCUT2D eigenvalue weighted by molar-refractivity contribution is 5.78. The first-order valence-electron chi connectivity index (χ1n) is 7.62. The molecule has 1 rings (SSSR count). The molecule has 0 aromatic heterocycles. The smallest absolute Gasteiger partial charge is 0.323 e. The lowest BCUT2D eigenvalue weighted by atomic mass is 9.94. The fourth-order valence-corrected chi connectivity index (χ4v) is 3.00. The average Bonchev–Trinajstić information content (AvgIpc) is 2.26. The lowest BCUT2D eigenvalue weighted by molar-refractivity contribution is -0.145. The van der Waals surface area contributed by atoms with E-state index in [1.54, 1.807) is 6.92 Å². The first kappa shape index (κ1) is 17.4. The summed E-state index contributed by atoms with van der Waals surface area (Å²) in [5, 5.41) is 12.6. The molecule has 20 heavy (non-hydrogen) atoms. The van der Waals surface area contributed by atoms with E-state index in [4.69, 9.17) is 4.74 Å². The van der Waals surface area contributed by atoms with E-state index in [0.717, 1.165) is 26.1 Å². The molecular weight excluding hydrogens is 256 g/mol. The normalized spacial score (nSPS) is 27.5. The van der Waals surface area contributed by atoms with E-state index in [1.807, 2.05) is 13.8 Å². The third kappa shape index (κ3) is 5.38. The van der Waals surface area contributed by atoms with Gasteiger partial charge in [0.25, 0.3) is 0 Å². The summed E-state index contributed by atoms with van der Waals surface area (Å²) < 4.78 is 5.71. The van der Waals surface area contributed by atoms with Crippen LogP contribution in [-0.4, -0.2) is 59.4 Å². The predicted molar refractivity (Wildman–Crippen MR) is 80.0 cm³/mol. The van der Waals surface area contributed by atoms with Gasteiger partial charge in [-0.1, -0.05) is 0 Å². The van der Waals surface area contributed by atoms with E-state index in [0.29, 0.717) is 6.42 Å². The zero-order valence-corrected chi connectivity index (χ0v) is 13.5. The lowest BCUT2D eigenvalue weighted by Gasteiger charge is -2.36. The minimum atomic E-state index is -0.836. The number of hydrogen-bond acceptors (Lipinski definition) is 4. The highest BCUT2D eigenvalue weighted by atomic mass is 16.5. The van der Waals surface area contributed by atoms with Crippen LogP contribution in [0.5, 0.6) is 0 Å². The second kappa shape index (κ2) is 7.38. The van der Waals surface area contributed by atoms with E-state index in [9.17, 15) is 9.90 Å². The van der Waals surface area contributed by atoms with Crippen LogP contribution < -0.4 is 5.32 Å². The van der Waals surface area contributed by atoms with Gasteiger partial charge in [0.05, 0.1) is 12.2 Å². The van der Waals surface area contributed by atoms with Gasteiger partial charge in [-0.05, 0) is 54.0 Å². The monoisotopic (exact) mass is 286 g/mol. The van der Waals surface area contributed by atoms with Gasteiger partial charge in [-0.2, -0.15) is 0 Å². The maximum Gasteiger partial charge on any atom is 0.323 e. The van der Waals surface area contributed by atoms with Gasteiger partial charge in [0.2, 0.25) is 0 Å². The molecule has 0 amide bonds. The van der Waals surface area contributed by atoms with Gasteiger partial charge >= 0.3 is 5.97 Å². The molecule has 0 aliphatic carbocycles. The summed E-state index contributed by atoms with van der Waals surface area (Å²) in [6, 6.07) is 0.166. The topological polar surface area (TPSA) is 61.8 Å². The molecule has 118 valence electrons. The maximum absolute atomic E-state index is 11.4. The van der Waals surface area contributed by atoms with Crippen LogP contribution in [0, 0.1) is 0 Å². The quantitative estimate of drug-likeness (QED) is 0.746. The van der Waals surface area contributed by atoms with Crippen molar-refractivity contribution < 1.29 is 14.6 Å². The van der Waals surface area contributed by atoms with Crippen LogP contribution in [0.2, 0.25) is 0 Å². The number of morpholine rings is 1.